The highest BCUT2D eigenvalue weighted by molar-refractivity contribution is 5.82. The predicted octanol–water partition coefficient (Wildman–Crippen LogP) is 3.27. The molecule has 7 nitrogen and oxygen atoms in total. The van der Waals surface area contributed by atoms with E-state index in [0.29, 0.717) is 41.7 Å². The second kappa shape index (κ2) is 5.91. The van der Waals surface area contributed by atoms with Crippen LogP contribution in [0.2, 0.25) is 0 Å². The molecular formula is C20H15N3O4. The number of pyridine rings is 1. The summed E-state index contributed by atoms with van der Waals surface area (Å²) in [6.45, 7) is 1.02. The molecule has 2 aromatic carbocycles. The van der Waals surface area contributed by atoms with E-state index in [1.807, 2.05) is 34.9 Å². The molecule has 7 heteroatoms. The number of rotatable bonds is 2. The van der Waals surface area contributed by atoms with Crippen LogP contribution in [0, 0.1) is 0 Å². The molecule has 0 unspecified atom stereocenters. The number of ether oxygens (including phenoxy) is 2. The Labute approximate surface area is 154 Å². The first kappa shape index (κ1) is 15.5. The van der Waals surface area contributed by atoms with Crippen molar-refractivity contribution < 1.29 is 19.7 Å². The number of benzene rings is 2. The third kappa shape index (κ3) is 2.52. The summed E-state index contributed by atoms with van der Waals surface area (Å²) in [6.07, 6.45) is 1.67. The monoisotopic (exact) mass is 361 g/mol. The third-order valence-electron chi connectivity index (χ3n) is 4.44. The van der Waals surface area contributed by atoms with Gasteiger partial charge in [0.15, 0.2) is 23.0 Å². The molecule has 0 radical (unpaired) electrons. The number of aromatic nitrogens is 3. The lowest BCUT2D eigenvalue weighted by Crippen LogP contribution is -2.15. The molecular weight excluding hydrogens is 346 g/mol. The van der Waals surface area contributed by atoms with Crippen LogP contribution in [0.3, 0.4) is 0 Å². The van der Waals surface area contributed by atoms with Gasteiger partial charge in [-0.3, -0.25) is 4.57 Å². The lowest BCUT2D eigenvalue weighted by Gasteiger charge is -2.19. The van der Waals surface area contributed by atoms with E-state index in [4.69, 9.17) is 9.47 Å². The molecule has 0 saturated carbocycles. The molecule has 1 aliphatic heterocycles. The maximum atomic E-state index is 10.4. The SMILES string of the molecule is Oc1ccc(-c2nc3ncccc3n2-c2ccc3c(c2)OCCO3)c(O)c1. The van der Waals surface area contributed by atoms with Gasteiger partial charge in [0.25, 0.3) is 0 Å². The van der Waals surface area contributed by atoms with Crippen LogP contribution in [-0.4, -0.2) is 38.0 Å². The lowest BCUT2D eigenvalue weighted by atomic mass is 10.1. The third-order valence-corrected chi connectivity index (χ3v) is 4.44. The van der Waals surface area contributed by atoms with Gasteiger partial charge < -0.3 is 19.7 Å². The first-order chi connectivity index (χ1) is 13.2. The zero-order valence-corrected chi connectivity index (χ0v) is 14.2. The fourth-order valence-electron chi connectivity index (χ4n) is 3.24. The molecule has 3 heterocycles. The van der Waals surface area contributed by atoms with Gasteiger partial charge in [0, 0.05) is 18.3 Å². The minimum atomic E-state index is -0.0656. The summed E-state index contributed by atoms with van der Waals surface area (Å²) in [5, 5.41) is 20.0. The van der Waals surface area contributed by atoms with E-state index in [1.54, 1.807) is 12.3 Å². The Hall–Kier alpha value is -3.74. The zero-order chi connectivity index (χ0) is 18.4. The molecule has 0 aliphatic carbocycles. The quantitative estimate of drug-likeness (QED) is 0.570. The lowest BCUT2D eigenvalue weighted by molar-refractivity contribution is 0.171. The number of phenolic OH excluding ortho intramolecular Hbond substituents is 2. The maximum absolute atomic E-state index is 10.4. The minimum Gasteiger partial charge on any atom is -0.508 e. The normalized spacial score (nSPS) is 13.0. The molecule has 134 valence electrons. The van der Waals surface area contributed by atoms with E-state index in [-0.39, 0.29) is 11.5 Å². The number of fused-ring (bicyclic) bond motifs is 2. The van der Waals surface area contributed by atoms with Gasteiger partial charge in [0.05, 0.1) is 16.8 Å². The second-order valence-corrected chi connectivity index (χ2v) is 6.15. The van der Waals surface area contributed by atoms with Gasteiger partial charge in [-0.05, 0) is 36.4 Å². The molecule has 2 N–H and O–H groups in total. The molecule has 0 bridgehead atoms. The molecule has 0 amide bonds. The molecule has 4 aromatic rings. The first-order valence-electron chi connectivity index (χ1n) is 8.46. The fourth-order valence-corrected chi connectivity index (χ4v) is 3.24. The van der Waals surface area contributed by atoms with Crippen LogP contribution in [0.15, 0.2) is 54.7 Å². The van der Waals surface area contributed by atoms with Crippen LogP contribution in [0.4, 0.5) is 0 Å². The largest absolute Gasteiger partial charge is 0.508 e. The van der Waals surface area contributed by atoms with Crippen molar-refractivity contribution >= 4 is 11.2 Å². The van der Waals surface area contributed by atoms with Gasteiger partial charge >= 0.3 is 0 Å². The van der Waals surface area contributed by atoms with Crippen LogP contribution in [-0.2, 0) is 0 Å². The van der Waals surface area contributed by atoms with E-state index < -0.39 is 0 Å². The smallest absolute Gasteiger partial charge is 0.178 e. The summed E-state index contributed by atoms with van der Waals surface area (Å²) in [5.41, 5.74) is 2.63. The average molecular weight is 361 g/mol. The summed E-state index contributed by atoms with van der Waals surface area (Å²) in [5.74, 6) is 1.78. The fraction of sp³-hybridized carbons (Fsp3) is 0.100. The minimum absolute atomic E-state index is 0.0173. The van der Waals surface area contributed by atoms with Gasteiger partial charge in [-0.25, -0.2) is 9.97 Å². The van der Waals surface area contributed by atoms with E-state index in [1.165, 1.54) is 12.1 Å². The Morgan fingerprint density at radius 2 is 1.78 bits per heavy atom. The van der Waals surface area contributed by atoms with Gasteiger partial charge in [0.1, 0.15) is 24.7 Å². The topological polar surface area (TPSA) is 89.6 Å². The van der Waals surface area contributed by atoms with Crippen molar-refractivity contribution in [2.45, 2.75) is 0 Å². The van der Waals surface area contributed by atoms with Crippen molar-refractivity contribution in [2.24, 2.45) is 0 Å². The van der Waals surface area contributed by atoms with Crippen molar-refractivity contribution in [1.29, 1.82) is 0 Å². The van der Waals surface area contributed by atoms with Crippen molar-refractivity contribution in [2.75, 3.05) is 13.2 Å². The predicted molar refractivity (Wildman–Crippen MR) is 98.6 cm³/mol. The Morgan fingerprint density at radius 1 is 0.926 bits per heavy atom. The summed E-state index contributed by atoms with van der Waals surface area (Å²) < 4.78 is 13.2. The molecule has 0 fully saturated rings. The highest BCUT2D eigenvalue weighted by Crippen LogP contribution is 2.37. The highest BCUT2D eigenvalue weighted by atomic mass is 16.6. The summed E-state index contributed by atoms with van der Waals surface area (Å²) in [7, 11) is 0. The van der Waals surface area contributed by atoms with Crippen molar-refractivity contribution in [1.82, 2.24) is 14.5 Å². The Balaban J connectivity index is 1.78. The molecule has 0 atom stereocenters. The van der Waals surface area contributed by atoms with Gasteiger partial charge in [-0.2, -0.15) is 0 Å². The number of nitrogens with zero attached hydrogens (tertiary/aromatic N) is 3. The molecule has 0 saturated heterocycles. The van der Waals surface area contributed by atoms with Crippen molar-refractivity contribution in [3.8, 4) is 40.1 Å². The van der Waals surface area contributed by atoms with Crippen LogP contribution in [0.5, 0.6) is 23.0 Å². The summed E-state index contributed by atoms with van der Waals surface area (Å²) >= 11 is 0. The first-order valence-corrected chi connectivity index (χ1v) is 8.46. The van der Waals surface area contributed by atoms with Crippen LogP contribution >= 0.6 is 0 Å². The summed E-state index contributed by atoms with van der Waals surface area (Å²) in [6, 6.07) is 13.8. The van der Waals surface area contributed by atoms with E-state index in [2.05, 4.69) is 9.97 Å². The van der Waals surface area contributed by atoms with Gasteiger partial charge in [0.2, 0.25) is 0 Å². The standard InChI is InChI=1S/C20H15N3O4/c24-13-4-5-14(16(25)11-13)20-22-19-15(2-1-7-21-19)23(20)12-3-6-17-18(10-12)27-9-8-26-17/h1-7,10-11,24-25H,8-9H2. The average Bonchev–Trinajstić information content (AvgIpc) is 3.06. The summed E-state index contributed by atoms with van der Waals surface area (Å²) in [4.78, 5) is 8.93. The zero-order valence-electron chi connectivity index (χ0n) is 14.2. The van der Waals surface area contributed by atoms with Crippen LogP contribution in [0.25, 0.3) is 28.2 Å². The van der Waals surface area contributed by atoms with Crippen LogP contribution in [0.1, 0.15) is 0 Å². The maximum Gasteiger partial charge on any atom is 0.178 e. The highest BCUT2D eigenvalue weighted by Gasteiger charge is 2.20. The molecule has 5 rings (SSSR count). The van der Waals surface area contributed by atoms with Crippen LogP contribution < -0.4 is 9.47 Å². The molecule has 27 heavy (non-hydrogen) atoms. The van der Waals surface area contributed by atoms with Crippen molar-refractivity contribution in [3.63, 3.8) is 0 Å². The second-order valence-electron chi connectivity index (χ2n) is 6.15. The van der Waals surface area contributed by atoms with Gasteiger partial charge in [-0.1, -0.05) is 0 Å². The van der Waals surface area contributed by atoms with Crippen molar-refractivity contribution in [3.05, 3.63) is 54.7 Å². The Morgan fingerprint density at radius 3 is 2.63 bits per heavy atom. The van der Waals surface area contributed by atoms with E-state index in [0.717, 1.165) is 11.2 Å². The van der Waals surface area contributed by atoms with Gasteiger partial charge in [-0.15, -0.1) is 0 Å². The molecule has 2 aromatic heterocycles. The number of aromatic hydroxyl groups is 2. The Kier molecular flexibility index (Phi) is 3.39. The number of imidazole rings is 1. The van der Waals surface area contributed by atoms with E-state index >= 15 is 0 Å². The number of hydrogen-bond donors (Lipinski definition) is 2. The molecule has 0 spiro atoms. The molecule has 1 aliphatic rings. The number of hydrogen-bond acceptors (Lipinski definition) is 6. The number of phenols is 2. The van der Waals surface area contributed by atoms with E-state index in [9.17, 15) is 10.2 Å². The Bertz CT molecular complexity index is 1170.